The lowest BCUT2D eigenvalue weighted by atomic mass is 10.3. The molecule has 0 saturated carbocycles. The molecule has 0 atom stereocenters. The minimum absolute atomic E-state index is 0.0373. The lowest BCUT2D eigenvalue weighted by Gasteiger charge is -1.96. The zero-order valence-electron chi connectivity index (χ0n) is 5.55. The van der Waals surface area contributed by atoms with Crippen LogP contribution in [0.4, 0.5) is 10.1 Å². The second kappa shape index (κ2) is 3.25. The average molecular weight is 209 g/mol. The van der Waals surface area contributed by atoms with E-state index in [-0.39, 0.29) is 10.0 Å². The zero-order chi connectivity index (χ0) is 9.30. The van der Waals surface area contributed by atoms with Gasteiger partial charge in [-0.1, -0.05) is 23.2 Å². The highest BCUT2D eigenvalue weighted by Gasteiger charge is 2.16. The van der Waals surface area contributed by atoms with Crippen molar-refractivity contribution in [3.63, 3.8) is 0 Å². The Morgan fingerprint density at radius 1 is 1.33 bits per heavy atom. The summed E-state index contributed by atoms with van der Waals surface area (Å²) in [7, 11) is 0. The summed E-state index contributed by atoms with van der Waals surface area (Å²) in [5, 5.41) is 10.1. The summed E-state index contributed by atoms with van der Waals surface area (Å²) in [6.45, 7) is 0. The number of nitro groups is 1. The highest BCUT2D eigenvalue weighted by Crippen LogP contribution is 2.28. The molecular formula is C6H2Cl2FNO2. The summed E-state index contributed by atoms with van der Waals surface area (Å²) in [5.74, 6) is -0.991. The molecule has 0 amide bonds. The third-order valence-electron chi connectivity index (χ3n) is 1.19. The summed E-state index contributed by atoms with van der Waals surface area (Å²) >= 11 is 10.8. The molecule has 0 aliphatic carbocycles. The number of nitro benzene ring substituents is 1. The minimum atomic E-state index is -0.991. The number of rotatable bonds is 1. The van der Waals surface area contributed by atoms with E-state index < -0.39 is 16.4 Å². The van der Waals surface area contributed by atoms with Crippen LogP contribution in [-0.2, 0) is 0 Å². The van der Waals surface area contributed by atoms with Gasteiger partial charge in [-0.2, -0.15) is 4.39 Å². The first-order valence-corrected chi connectivity index (χ1v) is 3.57. The van der Waals surface area contributed by atoms with E-state index in [4.69, 9.17) is 23.2 Å². The van der Waals surface area contributed by atoms with Crippen LogP contribution in [0.2, 0.25) is 10.0 Å². The molecule has 0 N–H and O–H groups in total. The molecule has 0 fully saturated rings. The van der Waals surface area contributed by atoms with E-state index >= 15 is 0 Å². The molecule has 0 heterocycles. The van der Waals surface area contributed by atoms with E-state index in [1.54, 1.807) is 0 Å². The maximum Gasteiger partial charge on any atom is 0.306 e. The zero-order valence-corrected chi connectivity index (χ0v) is 7.06. The number of benzene rings is 1. The van der Waals surface area contributed by atoms with Gasteiger partial charge in [-0.3, -0.25) is 10.1 Å². The van der Waals surface area contributed by atoms with Gasteiger partial charge in [0.1, 0.15) is 0 Å². The average Bonchev–Trinajstić information content (AvgIpc) is 1.96. The lowest BCUT2D eigenvalue weighted by molar-refractivity contribution is -0.387. The van der Waals surface area contributed by atoms with Crippen LogP contribution in [0.3, 0.4) is 0 Å². The van der Waals surface area contributed by atoms with Gasteiger partial charge in [0.2, 0.25) is 5.82 Å². The van der Waals surface area contributed by atoms with Gasteiger partial charge in [0.25, 0.3) is 0 Å². The van der Waals surface area contributed by atoms with Gasteiger partial charge in [0.05, 0.1) is 15.0 Å². The summed E-state index contributed by atoms with van der Waals surface area (Å²) in [6.07, 6.45) is 0. The molecule has 0 aliphatic heterocycles. The number of halogens is 3. The topological polar surface area (TPSA) is 43.1 Å². The van der Waals surface area contributed by atoms with Crippen LogP contribution in [0.25, 0.3) is 0 Å². The molecule has 64 valence electrons. The van der Waals surface area contributed by atoms with Crippen molar-refractivity contribution in [2.45, 2.75) is 0 Å². The van der Waals surface area contributed by atoms with Crippen molar-refractivity contribution in [1.82, 2.24) is 0 Å². The van der Waals surface area contributed by atoms with Crippen molar-refractivity contribution >= 4 is 28.9 Å². The first kappa shape index (κ1) is 9.22. The van der Waals surface area contributed by atoms with E-state index in [0.29, 0.717) is 0 Å². The fourth-order valence-electron chi connectivity index (χ4n) is 0.652. The smallest absolute Gasteiger partial charge is 0.258 e. The van der Waals surface area contributed by atoms with Crippen LogP contribution in [0.15, 0.2) is 12.1 Å². The lowest BCUT2D eigenvalue weighted by Crippen LogP contribution is -1.92. The third kappa shape index (κ3) is 1.65. The Balaban J connectivity index is 3.33. The van der Waals surface area contributed by atoms with Gasteiger partial charge in [-0.15, -0.1) is 0 Å². The summed E-state index contributed by atoms with van der Waals surface area (Å²) in [4.78, 5) is 9.29. The summed E-state index contributed by atoms with van der Waals surface area (Å²) in [5.41, 5.74) is -0.676. The Hall–Kier alpha value is -0.870. The van der Waals surface area contributed by atoms with Gasteiger partial charge in [0.15, 0.2) is 0 Å². The molecule has 3 nitrogen and oxygen atoms in total. The van der Waals surface area contributed by atoms with Crippen molar-refractivity contribution in [3.8, 4) is 0 Å². The van der Waals surface area contributed by atoms with Gasteiger partial charge in [0, 0.05) is 12.1 Å². The van der Waals surface area contributed by atoms with E-state index in [1.807, 2.05) is 0 Å². The maximum atomic E-state index is 12.7. The Kier molecular flexibility index (Phi) is 2.49. The van der Waals surface area contributed by atoms with Crippen LogP contribution in [0.5, 0.6) is 0 Å². The SMILES string of the molecule is O=[N+]([O-])c1cc(Cl)c(Cl)cc1[18F]. The largest absolute Gasteiger partial charge is 0.306 e. The second-order valence-electron chi connectivity index (χ2n) is 1.97. The molecule has 0 radical (unpaired) electrons. The Labute approximate surface area is 76.9 Å². The molecule has 0 bridgehead atoms. The van der Waals surface area contributed by atoms with Crippen LogP contribution in [-0.4, -0.2) is 4.92 Å². The van der Waals surface area contributed by atoms with E-state index in [9.17, 15) is 14.5 Å². The fourth-order valence-corrected chi connectivity index (χ4v) is 0.960. The maximum absolute atomic E-state index is 12.7. The third-order valence-corrected chi connectivity index (χ3v) is 1.91. The predicted molar refractivity (Wildman–Crippen MR) is 43.1 cm³/mol. The van der Waals surface area contributed by atoms with Crippen molar-refractivity contribution in [1.29, 1.82) is 0 Å². The van der Waals surface area contributed by atoms with E-state index in [2.05, 4.69) is 0 Å². The number of hydrogen-bond acceptors (Lipinski definition) is 2. The highest BCUT2D eigenvalue weighted by atomic mass is 35.5. The molecule has 1 aromatic rings. The van der Waals surface area contributed by atoms with Crippen LogP contribution < -0.4 is 0 Å². The fraction of sp³-hybridized carbons (Fsp3) is 0. The second-order valence-corrected chi connectivity index (χ2v) is 2.79. The Bertz CT molecular complexity index is 343. The molecule has 0 aromatic heterocycles. The minimum Gasteiger partial charge on any atom is -0.258 e. The monoisotopic (exact) mass is 208 g/mol. The van der Waals surface area contributed by atoms with Crippen molar-refractivity contribution in [2.75, 3.05) is 0 Å². The van der Waals surface area contributed by atoms with E-state index in [0.717, 1.165) is 12.1 Å². The first-order valence-electron chi connectivity index (χ1n) is 2.81. The number of nitrogens with zero attached hydrogens (tertiary/aromatic N) is 1. The molecule has 0 spiro atoms. The van der Waals surface area contributed by atoms with E-state index in [1.165, 1.54) is 0 Å². The van der Waals surface area contributed by atoms with Gasteiger partial charge < -0.3 is 0 Å². The quantitative estimate of drug-likeness (QED) is 0.405. The highest BCUT2D eigenvalue weighted by molar-refractivity contribution is 6.42. The summed E-state index contributed by atoms with van der Waals surface area (Å²) in [6, 6.07) is 1.68. The standard InChI is InChI=1S/C6H2Cl2FNO2/c7-3-1-5(9)6(10(11)12)2-4(3)8/h1-2H/i9-1. The molecule has 1 rings (SSSR count). The Morgan fingerprint density at radius 2 is 1.83 bits per heavy atom. The summed E-state index contributed by atoms with van der Waals surface area (Å²) < 4.78 is 12.7. The number of hydrogen-bond donors (Lipinski definition) is 0. The van der Waals surface area contributed by atoms with Gasteiger partial charge in [-0.05, 0) is 0 Å². The van der Waals surface area contributed by atoms with Crippen LogP contribution in [0.1, 0.15) is 0 Å². The molecule has 0 unspecified atom stereocenters. The molecular weight excluding hydrogens is 207 g/mol. The normalized spacial score (nSPS) is 9.92. The van der Waals surface area contributed by atoms with Gasteiger partial charge in [-0.25, -0.2) is 0 Å². The van der Waals surface area contributed by atoms with Crippen molar-refractivity contribution < 1.29 is 9.31 Å². The van der Waals surface area contributed by atoms with Crippen molar-refractivity contribution in [2.24, 2.45) is 0 Å². The van der Waals surface area contributed by atoms with Crippen LogP contribution >= 0.6 is 23.2 Å². The van der Waals surface area contributed by atoms with Gasteiger partial charge >= 0.3 is 5.69 Å². The molecule has 12 heavy (non-hydrogen) atoms. The predicted octanol–water partition coefficient (Wildman–Crippen LogP) is 3.04. The molecule has 0 saturated heterocycles. The van der Waals surface area contributed by atoms with Crippen LogP contribution in [0, 0.1) is 15.9 Å². The molecule has 1 aromatic carbocycles. The van der Waals surface area contributed by atoms with Crippen molar-refractivity contribution in [3.05, 3.63) is 38.1 Å². The first-order chi connectivity index (χ1) is 5.52. The Morgan fingerprint density at radius 3 is 2.33 bits per heavy atom. The molecule has 6 heteroatoms. The molecule has 0 aliphatic rings.